The van der Waals surface area contributed by atoms with Crippen LogP contribution in [0.1, 0.15) is 38.2 Å². The van der Waals surface area contributed by atoms with Crippen molar-refractivity contribution in [2.24, 2.45) is 0 Å². The third-order valence-electron chi connectivity index (χ3n) is 2.91. The Hall–Kier alpha value is -1.56. The van der Waals surface area contributed by atoms with Crippen molar-refractivity contribution in [3.8, 4) is 6.07 Å². The van der Waals surface area contributed by atoms with Gasteiger partial charge >= 0.3 is 0 Å². The Kier molecular flexibility index (Phi) is 3.40. The van der Waals surface area contributed by atoms with Gasteiger partial charge in [0.15, 0.2) is 0 Å². The smallest absolute Gasteiger partial charge is 0.128 e. The van der Waals surface area contributed by atoms with Gasteiger partial charge < -0.3 is 4.90 Å². The van der Waals surface area contributed by atoms with Crippen LogP contribution in [0.5, 0.6) is 0 Å². The molecule has 0 atom stereocenters. The van der Waals surface area contributed by atoms with Crippen molar-refractivity contribution in [1.82, 2.24) is 4.98 Å². The summed E-state index contributed by atoms with van der Waals surface area (Å²) in [5.41, 5.74) is 0.634. The fraction of sp³-hybridized carbons (Fsp3) is 0.538. The van der Waals surface area contributed by atoms with Crippen molar-refractivity contribution in [2.75, 3.05) is 11.4 Å². The van der Waals surface area contributed by atoms with E-state index in [0.29, 0.717) is 11.6 Å². The molecule has 0 aromatic carbocycles. The zero-order valence-corrected chi connectivity index (χ0v) is 9.69. The highest BCUT2D eigenvalue weighted by Crippen LogP contribution is 2.30. The first kappa shape index (κ1) is 10.9. The summed E-state index contributed by atoms with van der Waals surface area (Å²) >= 11 is 0. The zero-order chi connectivity index (χ0) is 11.4. The number of hydrogen-bond acceptors (Lipinski definition) is 3. The standard InChI is InChI=1S/C13H17N3/c1-2-3-8-16(12-5-6-12)13-7-4-11(9-14)10-15-13/h4,7,10,12H,2-3,5-6,8H2,1H3. The monoisotopic (exact) mass is 215 g/mol. The third-order valence-corrected chi connectivity index (χ3v) is 2.91. The SMILES string of the molecule is CCCCN(c1ccc(C#N)cn1)C1CC1. The predicted octanol–water partition coefficient (Wildman–Crippen LogP) is 2.72. The number of anilines is 1. The summed E-state index contributed by atoms with van der Waals surface area (Å²) in [6.45, 7) is 3.29. The molecule has 0 radical (unpaired) electrons. The van der Waals surface area contributed by atoms with E-state index < -0.39 is 0 Å². The van der Waals surface area contributed by atoms with Gasteiger partial charge in [0.1, 0.15) is 11.9 Å². The van der Waals surface area contributed by atoms with Gasteiger partial charge in [-0.15, -0.1) is 0 Å². The van der Waals surface area contributed by atoms with Gasteiger partial charge in [0.05, 0.1) is 5.56 Å². The van der Waals surface area contributed by atoms with Crippen molar-refractivity contribution in [2.45, 2.75) is 38.6 Å². The van der Waals surface area contributed by atoms with E-state index in [4.69, 9.17) is 5.26 Å². The second kappa shape index (κ2) is 4.98. The van der Waals surface area contributed by atoms with Gasteiger partial charge in [-0.25, -0.2) is 4.98 Å². The molecule has 0 unspecified atom stereocenters. The number of nitriles is 1. The maximum atomic E-state index is 8.73. The van der Waals surface area contributed by atoms with Crippen LogP contribution in [0.2, 0.25) is 0 Å². The number of hydrogen-bond donors (Lipinski definition) is 0. The van der Waals surface area contributed by atoms with Crippen LogP contribution in [-0.4, -0.2) is 17.6 Å². The van der Waals surface area contributed by atoms with Crippen molar-refractivity contribution < 1.29 is 0 Å². The largest absolute Gasteiger partial charge is 0.354 e. The molecule has 16 heavy (non-hydrogen) atoms. The van der Waals surface area contributed by atoms with E-state index in [0.717, 1.165) is 12.4 Å². The Morgan fingerprint density at radius 1 is 1.50 bits per heavy atom. The van der Waals surface area contributed by atoms with Gasteiger partial charge in [0, 0.05) is 18.8 Å². The molecule has 1 aromatic heterocycles. The van der Waals surface area contributed by atoms with E-state index in [1.165, 1.54) is 25.7 Å². The van der Waals surface area contributed by atoms with Crippen LogP contribution in [0.4, 0.5) is 5.82 Å². The van der Waals surface area contributed by atoms with Crippen LogP contribution in [0.15, 0.2) is 18.3 Å². The minimum atomic E-state index is 0.634. The number of unbranched alkanes of at least 4 members (excludes halogenated alkanes) is 1. The van der Waals surface area contributed by atoms with Crippen LogP contribution >= 0.6 is 0 Å². The average Bonchev–Trinajstić information content (AvgIpc) is 3.15. The molecule has 0 aliphatic heterocycles. The molecule has 1 saturated carbocycles. The molecule has 1 aliphatic carbocycles. The minimum Gasteiger partial charge on any atom is -0.354 e. The van der Waals surface area contributed by atoms with Crippen LogP contribution in [0.3, 0.4) is 0 Å². The number of aromatic nitrogens is 1. The molecule has 0 bridgehead atoms. The van der Waals surface area contributed by atoms with Crippen LogP contribution < -0.4 is 4.90 Å². The fourth-order valence-corrected chi connectivity index (χ4v) is 1.82. The molecule has 3 heteroatoms. The second-order valence-corrected chi connectivity index (χ2v) is 4.29. The lowest BCUT2D eigenvalue weighted by Gasteiger charge is -2.23. The predicted molar refractivity (Wildman–Crippen MR) is 64.2 cm³/mol. The Morgan fingerprint density at radius 2 is 2.31 bits per heavy atom. The van der Waals surface area contributed by atoms with E-state index in [-0.39, 0.29) is 0 Å². The average molecular weight is 215 g/mol. The number of pyridine rings is 1. The van der Waals surface area contributed by atoms with E-state index in [2.05, 4.69) is 22.9 Å². The molecular formula is C13H17N3. The van der Waals surface area contributed by atoms with E-state index in [1.807, 2.05) is 12.1 Å². The first-order valence-corrected chi connectivity index (χ1v) is 5.98. The molecule has 1 aliphatic rings. The van der Waals surface area contributed by atoms with Crippen LogP contribution in [0, 0.1) is 11.3 Å². The van der Waals surface area contributed by atoms with Gasteiger partial charge in [-0.2, -0.15) is 5.26 Å². The summed E-state index contributed by atoms with van der Waals surface area (Å²) in [5, 5.41) is 8.73. The summed E-state index contributed by atoms with van der Waals surface area (Å²) in [5.74, 6) is 1.02. The lowest BCUT2D eigenvalue weighted by molar-refractivity contribution is 0.704. The highest BCUT2D eigenvalue weighted by Gasteiger charge is 2.29. The summed E-state index contributed by atoms with van der Waals surface area (Å²) < 4.78 is 0. The van der Waals surface area contributed by atoms with Crippen molar-refractivity contribution in [3.05, 3.63) is 23.9 Å². The Bertz CT molecular complexity index is 373. The number of nitrogens with zero attached hydrogens (tertiary/aromatic N) is 3. The quantitative estimate of drug-likeness (QED) is 0.758. The molecular weight excluding hydrogens is 198 g/mol. The van der Waals surface area contributed by atoms with Gasteiger partial charge in [-0.3, -0.25) is 0 Å². The maximum Gasteiger partial charge on any atom is 0.128 e. The molecule has 1 fully saturated rings. The summed E-state index contributed by atoms with van der Waals surface area (Å²) in [6, 6.07) is 6.60. The summed E-state index contributed by atoms with van der Waals surface area (Å²) in [4.78, 5) is 6.75. The Labute approximate surface area is 96.7 Å². The maximum absolute atomic E-state index is 8.73. The summed E-state index contributed by atoms with van der Waals surface area (Å²) in [6.07, 6.45) is 6.64. The Morgan fingerprint density at radius 3 is 2.81 bits per heavy atom. The fourth-order valence-electron chi connectivity index (χ4n) is 1.82. The molecule has 1 heterocycles. The second-order valence-electron chi connectivity index (χ2n) is 4.29. The molecule has 84 valence electrons. The first-order valence-electron chi connectivity index (χ1n) is 5.98. The van der Waals surface area contributed by atoms with Crippen molar-refractivity contribution in [1.29, 1.82) is 5.26 Å². The molecule has 0 amide bonds. The van der Waals surface area contributed by atoms with Gasteiger partial charge in [0.25, 0.3) is 0 Å². The Balaban J connectivity index is 2.08. The van der Waals surface area contributed by atoms with E-state index in [9.17, 15) is 0 Å². The molecule has 2 rings (SSSR count). The molecule has 0 spiro atoms. The van der Waals surface area contributed by atoms with Crippen molar-refractivity contribution >= 4 is 5.82 Å². The van der Waals surface area contributed by atoms with E-state index in [1.54, 1.807) is 6.20 Å². The van der Waals surface area contributed by atoms with Crippen LogP contribution in [-0.2, 0) is 0 Å². The van der Waals surface area contributed by atoms with E-state index >= 15 is 0 Å². The first-order chi connectivity index (χ1) is 7.85. The van der Waals surface area contributed by atoms with Gasteiger partial charge in [-0.1, -0.05) is 13.3 Å². The molecule has 3 nitrogen and oxygen atoms in total. The normalized spacial score (nSPS) is 14.5. The topological polar surface area (TPSA) is 39.9 Å². The summed E-state index contributed by atoms with van der Waals surface area (Å²) in [7, 11) is 0. The zero-order valence-electron chi connectivity index (χ0n) is 9.69. The lowest BCUT2D eigenvalue weighted by atomic mass is 10.2. The van der Waals surface area contributed by atoms with Gasteiger partial charge in [0.2, 0.25) is 0 Å². The van der Waals surface area contributed by atoms with Gasteiger partial charge in [-0.05, 0) is 31.4 Å². The van der Waals surface area contributed by atoms with Crippen molar-refractivity contribution in [3.63, 3.8) is 0 Å². The third kappa shape index (κ3) is 2.52. The lowest BCUT2D eigenvalue weighted by Crippen LogP contribution is -2.27. The molecule has 0 N–H and O–H groups in total. The molecule has 0 saturated heterocycles. The highest BCUT2D eigenvalue weighted by molar-refractivity contribution is 5.44. The minimum absolute atomic E-state index is 0.634. The van der Waals surface area contributed by atoms with Crippen LogP contribution in [0.25, 0.3) is 0 Å². The number of rotatable bonds is 5. The highest BCUT2D eigenvalue weighted by atomic mass is 15.2. The molecule has 1 aromatic rings.